The third-order valence-electron chi connectivity index (χ3n) is 6.32. The normalized spacial score (nSPS) is 14.4. The van der Waals surface area contributed by atoms with E-state index in [4.69, 9.17) is 4.98 Å². The molecule has 1 amide bonds. The predicted octanol–water partition coefficient (Wildman–Crippen LogP) is 5.02. The Labute approximate surface area is 209 Å². The number of fused-ring (bicyclic) bond motifs is 3. The monoisotopic (exact) mass is 498 g/mol. The Bertz CT molecular complexity index is 1260. The van der Waals surface area contributed by atoms with Crippen molar-refractivity contribution in [2.45, 2.75) is 69.8 Å². The van der Waals surface area contributed by atoms with Gasteiger partial charge in [0.15, 0.2) is 5.16 Å². The number of benzene rings is 1. The zero-order valence-corrected chi connectivity index (χ0v) is 22.4. The number of carbonyl (C=O) groups excluding carboxylic acids is 1. The predicted molar refractivity (Wildman–Crippen MR) is 144 cm³/mol. The lowest BCUT2D eigenvalue weighted by molar-refractivity contribution is -0.115. The average Bonchev–Trinajstić information content (AvgIpc) is 3.15. The summed E-state index contributed by atoms with van der Waals surface area (Å²) >= 11 is 3.03. The minimum absolute atomic E-state index is 0.0487. The number of aryl methyl sites for hydroxylation is 4. The summed E-state index contributed by atoms with van der Waals surface area (Å²) in [5, 5.41) is 4.10. The summed E-state index contributed by atoms with van der Waals surface area (Å²) in [7, 11) is 4.07. The first-order chi connectivity index (χ1) is 16.2. The van der Waals surface area contributed by atoms with E-state index in [9.17, 15) is 9.59 Å². The Morgan fingerprint density at radius 2 is 2.03 bits per heavy atom. The van der Waals surface area contributed by atoms with Crippen molar-refractivity contribution in [1.29, 1.82) is 0 Å². The van der Waals surface area contributed by atoms with Crippen LogP contribution in [0.4, 0.5) is 5.69 Å². The molecular formula is C26H34N4O2S2. The molecule has 2 aromatic heterocycles. The van der Waals surface area contributed by atoms with Crippen molar-refractivity contribution in [2.24, 2.45) is 0 Å². The SMILES string of the molecule is Cc1ccc(NC(=O)[C@@H](C)Sc2nc3sc4c(c3c(=O)n2CCCN(C)C)CCCC4)c(C)c1. The first-order valence-corrected chi connectivity index (χ1v) is 13.7. The van der Waals surface area contributed by atoms with E-state index in [2.05, 4.69) is 16.3 Å². The van der Waals surface area contributed by atoms with Crippen LogP contribution in [0.15, 0.2) is 28.2 Å². The van der Waals surface area contributed by atoms with Crippen LogP contribution in [0.1, 0.15) is 47.8 Å². The van der Waals surface area contributed by atoms with E-state index in [1.54, 1.807) is 15.9 Å². The van der Waals surface area contributed by atoms with Crippen LogP contribution in [0.5, 0.6) is 0 Å². The summed E-state index contributed by atoms with van der Waals surface area (Å²) in [5.41, 5.74) is 4.28. The summed E-state index contributed by atoms with van der Waals surface area (Å²) in [6.07, 6.45) is 5.15. The zero-order valence-electron chi connectivity index (χ0n) is 20.7. The van der Waals surface area contributed by atoms with Gasteiger partial charge in [0.1, 0.15) is 4.83 Å². The fourth-order valence-corrected chi connectivity index (χ4v) is 6.69. The lowest BCUT2D eigenvalue weighted by Gasteiger charge is -2.17. The fourth-order valence-electron chi connectivity index (χ4n) is 4.45. The van der Waals surface area contributed by atoms with Crippen molar-refractivity contribution in [2.75, 3.05) is 26.0 Å². The Balaban J connectivity index is 1.64. The molecular weight excluding hydrogens is 464 g/mol. The molecule has 2 heterocycles. The van der Waals surface area contributed by atoms with E-state index in [1.807, 2.05) is 47.0 Å². The van der Waals surface area contributed by atoms with Crippen LogP contribution < -0.4 is 10.9 Å². The number of thioether (sulfide) groups is 1. The quantitative estimate of drug-likeness (QED) is 0.349. The molecule has 6 nitrogen and oxygen atoms in total. The lowest BCUT2D eigenvalue weighted by atomic mass is 9.97. The standard InChI is InChI=1S/C26H34N4O2S2/c1-16-11-12-20(17(2)15-16)27-23(31)18(3)33-26-28-24-22(19-9-6-7-10-21(19)34-24)25(32)30(26)14-8-13-29(4)5/h11-12,15,18H,6-10,13-14H2,1-5H3,(H,27,31)/t18-/m1/s1. The van der Waals surface area contributed by atoms with Crippen LogP contribution in [-0.2, 0) is 24.2 Å². The van der Waals surface area contributed by atoms with Crippen LogP contribution in [0.25, 0.3) is 10.2 Å². The molecule has 0 unspecified atom stereocenters. The van der Waals surface area contributed by atoms with Crippen molar-refractivity contribution in [3.63, 3.8) is 0 Å². The highest BCUT2D eigenvalue weighted by Crippen LogP contribution is 2.35. The van der Waals surface area contributed by atoms with Gasteiger partial charge in [0, 0.05) is 17.1 Å². The molecule has 0 aliphatic heterocycles. The Morgan fingerprint density at radius 3 is 2.76 bits per heavy atom. The van der Waals surface area contributed by atoms with Gasteiger partial charge < -0.3 is 10.2 Å². The van der Waals surface area contributed by atoms with Gasteiger partial charge >= 0.3 is 0 Å². The fraction of sp³-hybridized carbons (Fsp3) is 0.500. The number of amides is 1. The maximum absolute atomic E-state index is 13.7. The second kappa shape index (κ2) is 10.6. The smallest absolute Gasteiger partial charge is 0.263 e. The van der Waals surface area contributed by atoms with Crippen molar-refractivity contribution < 1.29 is 4.79 Å². The van der Waals surface area contributed by atoms with E-state index < -0.39 is 0 Å². The van der Waals surface area contributed by atoms with Gasteiger partial charge in [-0.2, -0.15) is 0 Å². The number of carbonyl (C=O) groups is 1. The van der Waals surface area contributed by atoms with E-state index in [1.165, 1.54) is 28.6 Å². The number of anilines is 1. The molecule has 1 aliphatic carbocycles. The van der Waals surface area contributed by atoms with Crippen molar-refractivity contribution in [3.8, 4) is 0 Å². The third-order valence-corrected chi connectivity index (χ3v) is 8.59. The Kier molecular flexibility index (Phi) is 7.80. The molecule has 0 spiro atoms. The maximum atomic E-state index is 13.7. The second-order valence-electron chi connectivity index (χ2n) is 9.47. The largest absolute Gasteiger partial charge is 0.325 e. The van der Waals surface area contributed by atoms with Crippen LogP contribution in [0.3, 0.4) is 0 Å². The molecule has 0 saturated heterocycles. The minimum atomic E-state index is -0.389. The summed E-state index contributed by atoms with van der Waals surface area (Å²) in [6, 6.07) is 6.00. The number of hydrogen-bond acceptors (Lipinski definition) is 6. The molecule has 1 atom stereocenters. The number of nitrogens with one attached hydrogen (secondary N) is 1. The summed E-state index contributed by atoms with van der Waals surface area (Å²) in [5.74, 6) is -0.0865. The lowest BCUT2D eigenvalue weighted by Crippen LogP contribution is -2.28. The molecule has 8 heteroatoms. The Morgan fingerprint density at radius 1 is 1.26 bits per heavy atom. The van der Waals surface area contributed by atoms with Gasteiger partial charge in [0.2, 0.25) is 5.91 Å². The first kappa shape index (κ1) is 24.9. The molecule has 3 aromatic rings. The topological polar surface area (TPSA) is 67.2 Å². The third kappa shape index (κ3) is 5.39. The highest BCUT2D eigenvalue weighted by molar-refractivity contribution is 8.00. The molecule has 4 rings (SSSR count). The van der Waals surface area contributed by atoms with Crippen molar-refractivity contribution >= 4 is 44.9 Å². The number of aromatic nitrogens is 2. The molecule has 0 bridgehead atoms. The number of thiophene rings is 1. The number of nitrogens with zero attached hydrogens (tertiary/aromatic N) is 3. The molecule has 0 fully saturated rings. The number of rotatable bonds is 8. The van der Waals surface area contributed by atoms with E-state index in [0.717, 1.165) is 59.3 Å². The van der Waals surface area contributed by atoms with Crippen LogP contribution >= 0.6 is 23.1 Å². The van der Waals surface area contributed by atoms with Gasteiger partial charge in [0.25, 0.3) is 5.56 Å². The van der Waals surface area contributed by atoms with Gasteiger partial charge in [-0.1, -0.05) is 29.5 Å². The second-order valence-corrected chi connectivity index (χ2v) is 11.9. The van der Waals surface area contributed by atoms with Gasteiger partial charge in [-0.25, -0.2) is 4.98 Å². The van der Waals surface area contributed by atoms with E-state index >= 15 is 0 Å². The highest BCUT2D eigenvalue weighted by Gasteiger charge is 2.24. The minimum Gasteiger partial charge on any atom is -0.325 e. The van der Waals surface area contributed by atoms with E-state index in [-0.39, 0.29) is 16.7 Å². The molecule has 1 N–H and O–H groups in total. The summed E-state index contributed by atoms with van der Waals surface area (Å²) in [6.45, 7) is 7.40. The van der Waals surface area contributed by atoms with Crippen LogP contribution in [0.2, 0.25) is 0 Å². The van der Waals surface area contributed by atoms with Crippen molar-refractivity contribution in [3.05, 3.63) is 50.1 Å². The molecule has 182 valence electrons. The van der Waals surface area contributed by atoms with Gasteiger partial charge in [-0.15, -0.1) is 11.3 Å². The summed E-state index contributed by atoms with van der Waals surface area (Å²) in [4.78, 5) is 35.9. The van der Waals surface area contributed by atoms with Gasteiger partial charge in [-0.3, -0.25) is 14.2 Å². The molecule has 0 radical (unpaired) electrons. The molecule has 0 saturated carbocycles. The van der Waals surface area contributed by atoms with Gasteiger partial charge in [0.05, 0.1) is 10.6 Å². The van der Waals surface area contributed by atoms with Gasteiger partial charge in [-0.05, 0) is 90.7 Å². The molecule has 1 aliphatic rings. The number of hydrogen-bond donors (Lipinski definition) is 1. The van der Waals surface area contributed by atoms with E-state index in [0.29, 0.717) is 11.7 Å². The van der Waals surface area contributed by atoms with Crippen molar-refractivity contribution in [1.82, 2.24) is 14.5 Å². The molecule has 1 aromatic carbocycles. The van der Waals surface area contributed by atoms with Crippen LogP contribution in [0, 0.1) is 13.8 Å². The summed E-state index contributed by atoms with van der Waals surface area (Å²) < 4.78 is 1.80. The maximum Gasteiger partial charge on any atom is 0.263 e. The zero-order chi connectivity index (χ0) is 24.4. The average molecular weight is 499 g/mol. The molecule has 34 heavy (non-hydrogen) atoms. The highest BCUT2D eigenvalue weighted by atomic mass is 32.2. The van der Waals surface area contributed by atoms with Crippen LogP contribution in [-0.4, -0.2) is 46.2 Å². The Hall–Kier alpha value is -2.16. The first-order valence-electron chi connectivity index (χ1n) is 12.0.